The average molecular weight is 189 g/mol. The number of ketones is 1. The van der Waals surface area contributed by atoms with Crippen LogP contribution < -0.4 is 5.32 Å². The van der Waals surface area contributed by atoms with Crippen molar-refractivity contribution in [2.45, 2.75) is 12.5 Å². The number of rotatable bonds is 5. The van der Waals surface area contributed by atoms with E-state index in [1.165, 1.54) is 6.08 Å². The lowest BCUT2D eigenvalue weighted by molar-refractivity contribution is -0.116. The van der Waals surface area contributed by atoms with Crippen molar-refractivity contribution in [3.05, 3.63) is 48.6 Å². The highest BCUT2D eigenvalue weighted by atomic mass is 16.1. The summed E-state index contributed by atoms with van der Waals surface area (Å²) in [6.45, 7) is 3.48. The van der Waals surface area contributed by atoms with Gasteiger partial charge in [-0.2, -0.15) is 0 Å². The first-order chi connectivity index (χ1) is 6.77. The summed E-state index contributed by atoms with van der Waals surface area (Å²) >= 11 is 0. The first kappa shape index (κ1) is 10.7. The van der Waals surface area contributed by atoms with Crippen LogP contribution in [-0.2, 0) is 11.2 Å². The second kappa shape index (κ2) is 5.35. The monoisotopic (exact) mass is 189 g/mol. The number of hydrogen-bond donors (Lipinski definition) is 1. The van der Waals surface area contributed by atoms with Gasteiger partial charge in [0, 0.05) is 0 Å². The summed E-state index contributed by atoms with van der Waals surface area (Å²) in [7, 11) is 1.79. The van der Waals surface area contributed by atoms with E-state index in [2.05, 4.69) is 11.9 Å². The zero-order chi connectivity index (χ0) is 10.4. The lowest BCUT2D eigenvalue weighted by Gasteiger charge is -2.12. The predicted octanol–water partition coefficient (Wildman–Crippen LogP) is 1.57. The van der Waals surface area contributed by atoms with Crippen LogP contribution in [0.25, 0.3) is 0 Å². The molecular formula is C12H15NO. The third-order valence-corrected chi connectivity index (χ3v) is 2.18. The molecule has 1 N–H and O–H groups in total. The van der Waals surface area contributed by atoms with E-state index >= 15 is 0 Å². The van der Waals surface area contributed by atoms with Gasteiger partial charge in [-0.3, -0.25) is 4.79 Å². The van der Waals surface area contributed by atoms with Crippen LogP contribution in [0.5, 0.6) is 0 Å². The predicted molar refractivity (Wildman–Crippen MR) is 58.2 cm³/mol. The summed E-state index contributed by atoms with van der Waals surface area (Å²) in [6.07, 6.45) is 2.08. The van der Waals surface area contributed by atoms with Gasteiger partial charge in [-0.1, -0.05) is 36.9 Å². The fourth-order valence-electron chi connectivity index (χ4n) is 1.34. The third kappa shape index (κ3) is 2.82. The summed E-state index contributed by atoms with van der Waals surface area (Å²) in [4.78, 5) is 11.4. The number of benzene rings is 1. The Morgan fingerprint density at radius 2 is 2.14 bits per heavy atom. The van der Waals surface area contributed by atoms with Crippen molar-refractivity contribution in [2.24, 2.45) is 0 Å². The molecule has 0 bridgehead atoms. The van der Waals surface area contributed by atoms with Crippen molar-refractivity contribution in [3.63, 3.8) is 0 Å². The summed E-state index contributed by atoms with van der Waals surface area (Å²) in [6, 6.07) is 9.78. The van der Waals surface area contributed by atoms with E-state index in [0.29, 0.717) is 6.42 Å². The Balaban J connectivity index is 2.66. The van der Waals surface area contributed by atoms with Crippen LogP contribution in [0.3, 0.4) is 0 Å². The Bertz CT molecular complexity index is 305. The lowest BCUT2D eigenvalue weighted by Crippen LogP contribution is -2.34. The molecule has 0 spiro atoms. The van der Waals surface area contributed by atoms with Crippen LogP contribution >= 0.6 is 0 Å². The minimum atomic E-state index is -0.158. The molecule has 14 heavy (non-hydrogen) atoms. The maximum atomic E-state index is 11.4. The summed E-state index contributed by atoms with van der Waals surface area (Å²) in [5.74, 6) is 0.0383. The van der Waals surface area contributed by atoms with Crippen molar-refractivity contribution in [1.29, 1.82) is 0 Å². The molecular weight excluding hydrogens is 174 g/mol. The maximum absolute atomic E-state index is 11.4. The van der Waals surface area contributed by atoms with Gasteiger partial charge in [-0.25, -0.2) is 0 Å². The third-order valence-electron chi connectivity index (χ3n) is 2.18. The smallest absolute Gasteiger partial charge is 0.172 e. The molecule has 0 amide bonds. The Morgan fingerprint density at radius 3 is 2.64 bits per heavy atom. The van der Waals surface area contributed by atoms with Crippen molar-refractivity contribution < 1.29 is 4.79 Å². The quantitative estimate of drug-likeness (QED) is 0.712. The topological polar surface area (TPSA) is 29.1 Å². The largest absolute Gasteiger partial charge is 0.310 e. The summed E-state index contributed by atoms with van der Waals surface area (Å²) in [5, 5.41) is 2.98. The van der Waals surface area contributed by atoms with Crippen molar-refractivity contribution in [2.75, 3.05) is 7.05 Å². The van der Waals surface area contributed by atoms with E-state index in [9.17, 15) is 4.79 Å². The number of hydrogen-bond acceptors (Lipinski definition) is 2. The molecule has 0 aliphatic carbocycles. The molecule has 1 rings (SSSR count). The maximum Gasteiger partial charge on any atom is 0.172 e. The van der Waals surface area contributed by atoms with E-state index in [0.717, 1.165) is 5.56 Å². The van der Waals surface area contributed by atoms with Crippen LogP contribution in [0.1, 0.15) is 5.56 Å². The second-order valence-corrected chi connectivity index (χ2v) is 3.14. The van der Waals surface area contributed by atoms with E-state index in [4.69, 9.17) is 0 Å². The molecule has 0 heterocycles. The molecule has 0 saturated carbocycles. The fourth-order valence-corrected chi connectivity index (χ4v) is 1.34. The van der Waals surface area contributed by atoms with Crippen molar-refractivity contribution in [3.8, 4) is 0 Å². The van der Waals surface area contributed by atoms with Gasteiger partial charge >= 0.3 is 0 Å². The van der Waals surface area contributed by atoms with Gasteiger partial charge in [-0.15, -0.1) is 0 Å². The van der Waals surface area contributed by atoms with E-state index in [-0.39, 0.29) is 11.8 Å². The first-order valence-electron chi connectivity index (χ1n) is 4.65. The zero-order valence-corrected chi connectivity index (χ0v) is 8.36. The van der Waals surface area contributed by atoms with Crippen molar-refractivity contribution >= 4 is 5.78 Å². The zero-order valence-electron chi connectivity index (χ0n) is 8.36. The van der Waals surface area contributed by atoms with Crippen molar-refractivity contribution in [1.82, 2.24) is 5.32 Å². The van der Waals surface area contributed by atoms with E-state index in [1.807, 2.05) is 30.3 Å². The number of nitrogens with one attached hydrogen (secondary N) is 1. The Kier molecular flexibility index (Phi) is 4.08. The fraction of sp³-hybridized carbons (Fsp3) is 0.250. The van der Waals surface area contributed by atoms with Crippen LogP contribution in [0.2, 0.25) is 0 Å². The Labute approximate surface area is 84.6 Å². The van der Waals surface area contributed by atoms with Crippen LogP contribution in [0.15, 0.2) is 43.0 Å². The molecule has 0 aliphatic rings. The van der Waals surface area contributed by atoms with Gasteiger partial charge in [0.05, 0.1) is 6.04 Å². The van der Waals surface area contributed by atoms with Crippen LogP contribution in [0, 0.1) is 0 Å². The standard InChI is InChI=1S/C12H15NO/c1-3-12(14)11(13-2)9-10-7-5-4-6-8-10/h3-8,11,13H,1,9H2,2H3/t11-/m1/s1. The molecule has 0 saturated heterocycles. The molecule has 0 aliphatic heterocycles. The normalized spacial score (nSPS) is 12.1. The number of carbonyl (C=O) groups is 1. The molecule has 2 heteroatoms. The summed E-state index contributed by atoms with van der Waals surface area (Å²) in [5.41, 5.74) is 1.15. The highest BCUT2D eigenvalue weighted by Crippen LogP contribution is 2.03. The van der Waals surface area contributed by atoms with Gasteiger partial charge < -0.3 is 5.32 Å². The highest BCUT2D eigenvalue weighted by molar-refractivity contribution is 5.93. The molecule has 0 fully saturated rings. The van der Waals surface area contributed by atoms with Gasteiger partial charge in [0.2, 0.25) is 0 Å². The van der Waals surface area contributed by atoms with E-state index in [1.54, 1.807) is 7.05 Å². The molecule has 0 unspecified atom stereocenters. The molecule has 1 atom stereocenters. The van der Waals surface area contributed by atoms with Crippen LogP contribution in [0.4, 0.5) is 0 Å². The van der Waals surface area contributed by atoms with Gasteiger partial charge in [0.25, 0.3) is 0 Å². The van der Waals surface area contributed by atoms with Crippen LogP contribution in [-0.4, -0.2) is 18.9 Å². The average Bonchev–Trinajstić information content (AvgIpc) is 2.26. The Hall–Kier alpha value is -1.41. The lowest BCUT2D eigenvalue weighted by atomic mass is 10.0. The van der Waals surface area contributed by atoms with Gasteiger partial charge in [0.1, 0.15) is 0 Å². The van der Waals surface area contributed by atoms with E-state index < -0.39 is 0 Å². The molecule has 1 aromatic rings. The second-order valence-electron chi connectivity index (χ2n) is 3.14. The number of carbonyl (C=O) groups excluding carboxylic acids is 1. The highest BCUT2D eigenvalue weighted by Gasteiger charge is 2.12. The summed E-state index contributed by atoms with van der Waals surface area (Å²) < 4.78 is 0. The van der Waals surface area contributed by atoms with Gasteiger partial charge in [-0.05, 0) is 25.1 Å². The molecule has 74 valence electrons. The molecule has 0 radical (unpaired) electrons. The minimum absolute atomic E-state index is 0.0383. The SMILES string of the molecule is C=CC(=O)[C@@H](Cc1ccccc1)NC. The number of likely N-dealkylation sites (N-methyl/N-ethyl adjacent to an activating group) is 1. The Morgan fingerprint density at radius 1 is 1.50 bits per heavy atom. The van der Waals surface area contributed by atoms with Gasteiger partial charge in [0.15, 0.2) is 5.78 Å². The molecule has 0 aromatic heterocycles. The first-order valence-corrected chi connectivity index (χ1v) is 4.65. The minimum Gasteiger partial charge on any atom is -0.310 e. The molecule has 2 nitrogen and oxygen atoms in total. The molecule has 1 aromatic carbocycles.